The Morgan fingerprint density at radius 1 is 1.31 bits per heavy atom. The van der Waals surface area contributed by atoms with Crippen molar-refractivity contribution in [3.8, 4) is 0 Å². The van der Waals surface area contributed by atoms with Crippen LogP contribution in [0.15, 0.2) is 30.3 Å². The number of hydrogen-bond donors (Lipinski definition) is 1. The highest BCUT2D eigenvalue weighted by atomic mass is 35.5. The van der Waals surface area contributed by atoms with E-state index in [-0.39, 0.29) is 11.7 Å². The van der Waals surface area contributed by atoms with Crippen molar-refractivity contribution in [1.29, 1.82) is 0 Å². The number of ketones is 1. The molecule has 0 saturated heterocycles. The van der Waals surface area contributed by atoms with Gasteiger partial charge in [0.15, 0.2) is 5.78 Å². The van der Waals surface area contributed by atoms with Crippen molar-refractivity contribution in [2.75, 3.05) is 12.4 Å². The maximum absolute atomic E-state index is 10.8. The molecule has 0 spiro atoms. The maximum atomic E-state index is 10.8. The molecule has 1 aromatic rings. The van der Waals surface area contributed by atoms with E-state index in [0.717, 1.165) is 0 Å². The molecule has 0 unspecified atom stereocenters. The van der Waals surface area contributed by atoms with E-state index in [1.165, 1.54) is 5.56 Å². The molecule has 0 aliphatic rings. The molecule has 0 fully saturated rings. The first-order valence-electron chi connectivity index (χ1n) is 4.15. The Bertz CT molecular complexity index is 261. The third-order valence-electron chi connectivity index (χ3n) is 1.64. The van der Waals surface area contributed by atoms with Gasteiger partial charge >= 0.3 is 0 Å². The zero-order valence-corrected chi connectivity index (χ0v) is 8.05. The molecule has 0 saturated carbocycles. The van der Waals surface area contributed by atoms with Gasteiger partial charge in [-0.25, -0.2) is 0 Å². The van der Waals surface area contributed by atoms with E-state index in [9.17, 15) is 4.79 Å². The van der Waals surface area contributed by atoms with Gasteiger partial charge in [0.2, 0.25) is 0 Å². The molecule has 0 aromatic heterocycles. The number of benzene rings is 1. The van der Waals surface area contributed by atoms with E-state index < -0.39 is 0 Å². The highest BCUT2D eigenvalue weighted by Gasteiger charge is 1.97. The van der Waals surface area contributed by atoms with Crippen LogP contribution in [0.4, 0.5) is 0 Å². The van der Waals surface area contributed by atoms with Crippen molar-refractivity contribution in [3.63, 3.8) is 0 Å². The summed E-state index contributed by atoms with van der Waals surface area (Å²) >= 11 is 5.34. The van der Waals surface area contributed by atoms with Gasteiger partial charge in [0.05, 0.1) is 12.4 Å². The molecular weight excluding hydrogens is 186 g/mol. The van der Waals surface area contributed by atoms with Gasteiger partial charge in [0.1, 0.15) is 0 Å². The lowest BCUT2D eigenvalue weighted by Crippen LogP contribution is -2.23. The molecule has 2 nitrogen and oxygen atoms in total. The number of Topliss-reactive ketones (excluding diaryl/α,β-unsaturated/α-hetero) is 1. The molecule has 1 N–H and O–H groups in total. The Kier molecular flexibility index (Phi) is 4.50. The molecule has 0 aliphatic heterocycles. The normalized spacial score (nSPS) is 9.92. The molecule has 70 valence electrons. The number of carbonyl (C=O) groups excluding carboxylic acids is 1. The summed E-state index contributed by atoms with van der Waals surface area (Å²) in [4.78, 5) is 10.8. The summed E-state index contributed by atoms with van der Waals surface area (Å²) in [5.74, 6) is 0.111. The fourth-order valence-corrected chi connectivity index (χ4v) is 1.08. The molecule has 0 atom stereocenters. The van der Waals surface area contributed by atoms with Gasteiger partial charge < -0.3 is 5.32 Å². The summed E-state index contributed by atoms with van der Waals surface area (Å²) < 4.78 is 0. The molecule has 0 heterocycles. The van der Waals surface area contributed by atoms with Crippen LogP contribution in [-0.2, 0) is 11.3 Å². The zero-order valence-electron chi connectivity index (χ0n) is 7.29. The lowest BCUT2D eigenvalue weighted by atomic mass is 10.2. The standard InChI is InChI=1S/C10H12ClNO/c11-6-10(13)8-12-7-9-4-2-1-3-5-9/h1-5,12H,6-8H2. The first-order valence-corrected chi connectivity index (χ1v) is 4.68. The highest BCUT2D eigenvalue weighted by molar-refractivity contribution is 6.27. The summed E-state index contributed by atoms with van der Waals surface area (Å²) in [6, 6.07) is 9.94. The Morgan fingerprint density at radius 3 is 2.62 bits per heavy atom. The smallest absolute Gasteiger partial charge is 0.161 e. The second kappa shape index (κ2) is 5.73. The Hall–Kier alpha value is -0.860. The highest BCUT2D eigenvalue weighted by Crippen LogP contribution is 1.96. The maximum Gasteiger partial charge on any atom is 0.161 e. The van der Waals surface area contributed by atoms with Crippen LogP contribution in [-0.4, -0.2) is 18.2 Å². The first-order chi connectivity index (χ1) is 6.33. The van der Waals surface area contributed by atoms with E-state index in [0.29, 0.717) is 13.1 Å². The van der Waals surface area contributed by atoms with Crippen molar-refractivity contribution in [3.05, 3.63) is 35.9 Å². The second-order valence-corrected chi connectivity index (χ2v) is 3.03. The molecule has 1 rings (SSSR count). The molecule has 0 amide bonds. The minimum absolute atomic E-state index is 0.0256. The van der Waals surface area contributed by atoms with Gasteiger partial charge in [-0.2, -0.15) is 0 Å². The van der Waals surface area contributed by atoms with Gasteiger partial charge in [0, 0.05) is 6.54 Å². The number of rotatable bonds is 5. The summed E-state index contributed by atoms with van der Waals surface area (Å²) in [7, 11) is 0. The van der Waals surface area contributed by atoms with Crippen LogP contribution in [0.2, 0.25) is 0 Å². The monoisotopic (exact) mass is 197 g/mol. The Balaban J connectivity index is 2.24. The van der Waals surface area contributed by atoms with Crippen LogP contribution in [0, 0.1) is 0 Å². The third-order valence-corrected chi connectivity index (χ3v) is 1.94. The van der Waals surface area contributed by atoms with Crippen LogP contribution < -0.4 is 5.32 Å². The third kappa shape index (κ3) is 4.06. The molecular formula is C10H12ClNO. The fourth-order valence-electron chi connectivity index (χ4n) is 0.989. The first kappa shape index (κ1) is 10.2. The van der Waals surface area contributed by atoms with E-state index in [1.54, 1.807) is 0 Å². The van der Waals surface area contributed by atoms with Gasteiger partial charge in [0.25, 0.3) is 0 Å². The largest absolute Gasteiger partial charge is 0.306 e. The van der Waals surface area contributed by atoms with Crippen molar-refractivity contribution in [1.82, 2.24) is 5.32 Å². The van der Waals surface area contributed by atoms with Gasteiger partial charge in [-0.3, -0.25) is 4.79 Å². The van der Waals surface area contributed by atoms with Gasteiger partial charge in [-0.1, -0.05) is 30.3 Å². The summed E-state index contributed by atoms with van der Waals surface area (Å²) in [5.41, 5.74) is 1.17. The minimum Gasteiger partial charge on any atom is -0.306 e. The predicted molar refractivity (Wildman–Crippen MR) is 53.9 cm³/mol. The van der Waals surface area contributed by atoms with E-state index in [1.807, 2.05) is 30.3 Å². The minimum atomic E-state index is 0.0256. The zero-order chi connectivity index (χ0) is 9.52. The average molecular weight is 198 g/mol. The van der Waals surface area contributed by atoms with E-state index >= 15 is 0 Å². The van der Waals surface area contributed by atoms with Gasteiger partial charge in [-0.05, 0) is 5.56 Å². The Morgan fingerprint density at radius 2 is 2.00 bits per heavy atom. The number of nitrogens with one attached hydrogen (secondary N) is 1. The van der Waals surface area contributed by atoms with Crippen LogP contribution in [0.1, 0.15) is 5.56 Å². The summed E-state index contributed by atoms with van der Waals surface area (Å²) in [5, 5.41) is 3.02. The average Bonchev–Trinajstić information content (AvgIpc) is 2.19. The van der Waals surface area contributed by atoms with Crippen molar-refractivity contribution < 1.29 is 4.79 Å². The fraction of sp³-hybridized carbons (Fsp3) is 0.300. The number of halogens is 1. The van der Waals surface area contributed by atoms with Crippen molar-refractivity contribution in [2.45, 2.75) is 6.54 Å². The van der Waals surface area contributed by atoms with E-state index in [2.05, 4.69) is 5.32 Å². The quantitative estimate of drug-likeness (QED) is 0.727. The van der Waals surface area contributed by atoms with Crippen molar-refractivity contribution in [2.24, 2.45) is 0 Å². The summed E-state index contributed by atoms with van der Waals surface area (Å²) in [6.45, 7) is 1.06. The summed E-state index contributed by atoms with van der Waals surface area (Å²) in [6.07, 6.45) is 0. The molecule has 13 heavy (non-hydrogen) atoms. The molecule has 0 bridgehead atoms. The van der Waals surface area contributed by atoms with E-state index in [4.69, 9.17) is 11.6 Å². The van der Waals surface area contributed by atoms with Gasteiger partial charge in [-0.15, -0.1) is 11.6 Å². The molecule has 0 aliphatic carbocycles. The molecule has 0 radical (unpaired) electrons. The number of carbonyl (C=O) groups is 1. The van der Waals surface area contributed by atoms with Crippen molar-refractivity contribution >= 4 is 17.4 Å². The van der Waals surface area contributed by atoms with Crippen LogP contribution in [0.5, 0.6) is 0 Å². The lowest BCUT2D eigenvalue weighted by Gasteiger charge is -2.01. The SMILES string of the molecule is O=C(CCl)CNCc1ccccc1. The predicted octanol–water partition coefficient (Wildman–Crippen LogP) is 1.58. The molecule has 3 heteroatoms. The number of alkyl halides is 1. The second-order valence-electron chi connectivity index (χ2n) is 2.76. The van der Waals surface area contributed by atoms with Crippen LogP contribution >= 0.6 is 11.6 Å². The topological polar surface area (TPSA) is 29.1 Å². The Labute approximate surface area is 82.9 Å². The number of hydrogen-bond acceptors (Lipinski definition) is 2. The van der Waals surface area contributed by atoms with Crippen LogP contribution in [0.3, 0.4) is 0 Å². The lowest BCUT2D eigenvalue weighted by molar-refractivity contribution is -0.115. The molecule has 1 aromatic carbocycles. The van der Waals surface area contributed by atoms with Crippen LogP contribution in [0.25, 0.3) is 0 Å².